The average molecular weight is 293 g/mol. The minimum Gasteiger partial charge on any atom is -0.387 e. The van der Waals surface area contributed by atoms with Crippen LogP contribution < -0.4 is 0 Å². The smallest absolute Gasteiger partial charge is 0.387 e. The van der Waals surface area contributed by atoms with E-state index in [2.05, 4.69) is 11.6 Å². The van der Waals surface area contributed by atoms with Crippen molar-refractivity contribution in [3.8, 4) is 0 Å². The fourth-order valence-electron chi connectivity index (χ4n) is 2.10. The highest BCUT2D eigenvalue weighted by Gasteiger charge is 2.30. The van der Waals surface area contributed by atoms with E-state index in [0.717, 1.165) is 12.1 Å². The molecule has 1 aromatic carbocycles. The third-order valence-electron chi connectivity index (χ3n) is 3.24. The monoisotopic (exact) mass is 293 g/mol. The molecule has 0 aliphatic heterocycles. The average Bonchev–Trinajstić information content (AvgIpc) is 2.48. The Morgan fingerprint density at radius 1 is 1.10 bits per heavy atom. The summed E-state index contributed by atoms with van der Waals surface area (Å²) >= 11 is 0. The minimum atomic E-state index is -4.37. The van der Waals surface area contributed by atoms with Crippen LogP contribution in [0.2, 0.25) is 0 Å². The van der Waals surface area contributed by atoms with Crippen molar-refractivity contribution in [3.63, 3.8) is 0 Å². The largest absolute Gasteiger partial charge is 0.416 e. The first-order valence-corrected chi connectivity index (χ1v) is 6.31. The quantitative estimate of drug-likeness (QED) is 0.861. The molecule has 0 saturated heterocycles. The highest BCUT2D eigenvalue weighted by atomic mass is 19.4. The number of aliphatic hydroxyl groups excluding tert-OH is 1. The molecule has 5 heteroatoms. The van der Waals surface area contributed by atoms with E-state index in [-0.39, 0.29) is 0 Å². The Bertz CT molecular complexity index is 593. The summed E-state index contributed by atoms with van der Waals surface area (Å²) in [6.45, 7) is 3.65. The first-order chi connectivity index (χ1) is 9.93. The molecule has 1 aromatic heterocycles. The van der Waals surface area contributed by atoms with Gasteiger partial charge in [-0.15, -0.1) is 6.58 Å². The van der Waals surface area contributed by atoms with Crippen LogP contribution in [0.4, 0.5) is 13.2 Å². The van der Waals surface area contributed by atoms with Crippen LogP contribution in [0.15, 0.2) is 61.4 Å². The van der Waals surface area contributed by atoms with Crippen LogP contribution in [-0.4, -0.2) is 10.1 Å². The summed E-state index contributed by atoms with van der Waals surface area (Å²) < 4.78 is 37.6. The number of alkyl halides is 3. The predicted molar refractivity (Wildman–Crippen MR) is 73.6 cm³/mol. The molecule has 0 unspecified atom stereocenters. The van der Waals surface area contributed by atoms with Crippen molar-refractivity contribution in [2.45, 2.75) is 18.2 Å². The van der Waals surface area contributed by atoms with Crippen LogP contribution >= 0.6 is 0 Å². The first-order valence-electron chi connectivity index (χ1n) is 6.31. The van der Waals surface area contributed by atoms with Crippen LogP contribution in [0.3, 0.4) is 0 Å². The van der Waals surface area contributed by atoms with Crippen molar-refractivity contribution in [1.82, 2.24) is 4.98 Å². The fraction of sp³-hybridized carbons (Fsp3) is 0.188. The maximum atomic E-state index is 12.5. The van der Waals surface area contributed by atoms with Gasteiger partial charge in [0.1, 0.15) is 0 Å². The predicted octanol–water partition coefficient (Wildman–Crippen LogP) is 4.10. The standard InChI is InChI=1S/C16H14F3NO/c1-2-14(15(21)12-4-3-9-20-10-12)11-5-7-13(8-6-11)16(17,18)19/h2-10,14-15,21H,1H2/t14-,15-/m1/s1. The molecule has 0 bridgehead atoms. The SMILES string of the molecule is C=C[C@H](c1ccc(C(F)(F)F)cc1)[C@H](O)c1cccnc1. The van der Waals surface area contributed by atoms with Gasteiger partial charge in [-0.05, 0) is 29.3 Å². The Morgan fingerprint density at radius 3 is 2.24 bits per heavy atom. The van der Waals surface area contributed by atoms with Gasteiger partial charge in [-0.1, -0.05) is 24.3 Å². The molecule has 0 aliphatic carbocycles. The molecule has 2 nitrogen and oxygen atoms in total. The van der Waals surface area contributed by atoms with Gasteiger partial charge in [-0.2, -0.15) is 13.2 Å². The van der Waals surface area contributed by atoms with E-state index in [0.29, 0.717) is 11.1 Å². The van der Waals surface area contributed by atoms with Crippen molar-refractivity contribution >= 4 is 0 Å². The number of hydrogen-bond donors (Lipinski definition) is 1. The van der Waals surface area contributed by atoms with Crippen molar-refractivity contribution < 1.29 is 18.3 Å². The van der Waals surface area contributed by atoms with Crippen molar-refractivity contribution in [2.24, 2.45) is 0 Å². The number of rotatable bonds is 4. The molecule has 2 aromatic rings. The molecule has 1 N–H and O–H groups in total. The van der Waals surface area contributed by atoms with Gasteiger partial charge in [0, 0.05) is 18.3 Å². The molecule has 1 heterocycles. The lowest BCUT2D eigenvalue weighted by molar-refractivity contribution is -0.137. The van der Waals surface area contributed by atoms with Gasteiger partial charge in [0.15, 0.2) is 0 Å². The second-order valence-electron chi connectivity index (χ2n) is 4.61. The molecule has 0 fully saturated rings. The Kier molecular flexibility index (Phi) is 4.43. The maximum absolute atomic E-state index is 12.5. The lowest BCUT2D eigenvalue weighted by Crippen LogP contribution is -2.10. The third kappa shape index (κ3) is 3.49. The molecule has 21 heavy (non-hydrogen) atoms. The van der Waals surface area contributed by atoms with Gasteiger partial charge < -0.3 is 5.11 Å². The van der Waals surface area contributed by atoms with Gasteiger partial charge in [0.2, 0.25) is 0 Å². The highest BCUT2D eigenvalue weighted by Crippen LogP contribution is 2.34. The first kappa shape index (κ1) is 15.3. The second kappa shape index (κ2) is 6.10. The fourth-order valence-corrected chi connectivity index (χ4v) is 2.10. The second-order valence-corrected chi connectivity index (χ2v) is 4.61. The summed E-state index contributed by atoms with van der Waals surface area (Å²) in [6, 6.07) is 8.11. The van der Waals surface area contributed by atoms with Crippen LogP contribution in [-0.2, 0) is 6.18 Å². The summed E-state index contributed by atoms with van der Waals surface area (Å²) in [7, 11) is 0. The molecule has 0 aliphatic rings. The van der Waals surface area contributed by atoms with Crippen LogP contribution in [0.1, 0.15) is 28.7 Å². The molecular weight excluding hydrogens is 279 g/mol. The topological polar surface area (TPSA) is 33.1 Å². The molecule has 2 rings (SSSR count). The van der Waals surface area contributed by atoms with Gasteiger partial charge in [-0.25, -0.2) is 0 Å². The molecule has 2 atom stereocenters. The maximum Gasteiger partial charge on any atom is 0.416 e. The van der Waals surface area contributed by atoms with Crippen LogP contribution in [0, 0.1) is 0 Å². The highest BCUT2D eigenvalue weighted by molar-refractivity contribution is 5.32. The molecule has 0 amide bonds. The van der Waals surface area contributed by atoms with Gasteiger partial charge in [-0.3, -0.25) is 4.98 Å². The van der Waals surface area contributed by atoms with Gasteiger partial charge in [0.05, 0.1) is 11.7 Å². The summed E-state index contributed by atoms with van der Waals surface area (Å²) in [6.07, 6.45) is -0.666. The van der Waals surface area contributed by atoms with Gasteiger partial charge in [0.25, 0.3) is 0 Å². The lowest BCUT2D eigenvalue weighted by atomic mass is 9.89. The molecule has 0 saturated carbocycles. The molecule has 0 spiro atoms. The van der Waals surface area contributed by atoms with E-state index in [9.17, 15) is 18.3 Å². The minimum absolute atomic E-state index is 0.503. The molecular formula is C16H14F3NO. The number of benzene rings is 1. The van der Waals surface area contributed by atoms with Crippen LogP contribution in [0.25, 0.3) is 0 Å². The van der Waals surface area contributed by atoms with E-state index in [1.54, 1.807) is 18.3 Å². The van der Waals surface area contributed by atoms with E-state index in [1.165, 1.54) is 24.4 Å². The van der Waals surface area contributed by atoms with Crippen molar-refractivity contribution in [1.29, 1.82) is 0 Å². The third-order valence-corrected chi connectivity index (χ3v) is 3.24. The Balaban J connectivity index is 2.28. The van der Waals surface area contributed by atoms with Gasteiger partial charge >= 0.3 is 6.18 Å². The zero-order valence-corrected chi connectivity index (χ0v) is 11.1. The number of hydrogen-bond acceptors (Lipinski definition) is 2. The number of aliphatic hydroxyl groups is 1. The number of pyridine rings is 1. The Hall–Kier alpha value is -2.14. The zero-order valence-electron chi connectivity index (χ0n) is 11.1. The Morgan fingerprint density at radius 2 is 1.76 bits per heavy atom. The van der Waals surface area contributed by atoms with Crippen molar-refractivity contribution in [3.05, 3.63) is 78.1 Å². The van der Waals surface area contributed by atoms with E-state index in [4.69, 9.17) is 0 Å². The van der Waals surface area contributed by atoms with E-state index >= 15 is 0 Å². The molecule has 0 radical (unpaired) electrons. The number of nitrogens with zero attached hydrogens (tertiary/aromatic N) is 1. The van der Waals surface area contributed by atoms with E-state index < -0.39 is 23.8 Å². The summed E-state index contributed by atoms with van der Waals surface area (Å²) in [4.78, 5) is 3.92. The zero-order chi connectivity index (χ0) is 15.5. The van der Waals surface area contributed by atoms with Crippen LogP contribution in [0.5, 0.6) is 0 Å². The Labute approximate surface area is 120 Å². The number of aromatic nitrogens is 1. The number of halogens is 3. The van der Waals surface area contributed by atoms with E-state index in [1.807, 2.05) is 0 Å². The normalized spacial score (nSPS) is 14.5. The van der Waals surface area contributed by atoms with Crippen molar-refractivity contribution in [2.75, 3.05) is 0 Å². The lowest BCUT2D eigenvalue weighted by Gasteiger charge is -2.20. The summed E-state index contributed by atoms with van der Waals surface area (Å²) in [5.74, 6) is -0.503. The summed E-state index contributed by atoms with van der Waals surface area (Å²) in [5, 5.41) is 10.3. The molecule has 110 valence electrons. The summed E-state index contributed by atoms with van der Waals surface area (Å²) in [5.41, 5.74) is 0.432.